The molecule has 17 heavy (non-hydrogen) atoms. The SMILES string of the molecule is CC1CCCCC12NC(=O)N(CCC#N)C2=O. The molecule has 92 valence electrons. The first-order valence-electron chi connectivity index (χ1n) is 6.13. The van der Waals surface area contributed by atoms with Gasteiger partial charge in [-0.05, 0) is 18.8 Å². The minimum absolute atomic E-state index is 0.134. The number of carbonyl (C=O) groups excluding carboxylic acids is 2. The van der Waals surface area contributed by atoms with Crippen LogP contribution < -0.4 is 5.32 Å². The van der Waals surface area contributed by atoms with Crippen LogP contribution in [0.3, 0.4) is 0 Å². The predicted molar refractivity (Wildman–Crippen MR) is 60.8 cm³/mol. The molecule has 5 nitrogen and oxygen atoms in total. The van der Waals surface area contributed by atoms with Crippen LogP contribution in [0, 0.1) is 17.2 Å². The Hall–Kier alpha value is -1.57. The van der Waals surface area contributed by atoms with Crippen molar-refractivity contribution in [2.24, 2.45) is 5.92 Å². The molecular weight excluding hydrogens is 218 g/mol. The largest absolute Gasteiger partial charge is 0.325 e. The van der Waals surface area contributed by atoms with Gasteiger partial charge in [-0.2, -0.15) is 5.26 Å². The van der Waals surface area contributed by atoms with Crippen molar-refractivity contribution in [1.29, 1.82) is 5.26 Å². The molecule has 0 aromatic rings. The molecule has 1 saturated carbocycles. The van der Waals surface area contributed by atoms with Gasteiger partial charge in [-0.25, -0.2) is 4.79 Å². The maximum atomic E-state index is 12.3. The molecule has 2 unspecified atom stereocenters. The highest BCUT2D eigenvalue weighted by molar-refractivity contribution is 6.07. The van der Waals surface area contributed by atoms with Crippen molar-refractivity contribution in [1.82, 2.24) is 10.2 Å². The van der Waals surface area contributed by atoms with Crippen molar-refractivity contribution in [2.45, 2.75) is 44.6 Å². The minimum atomic E-state index is -0.690. The predicted octanol–water partition coefficient (Wildman–Crippen LogP) is 1.40. The number of nitriles is 1. The lowest BCUT2D eigenvalue weighted by Gasteiger charge is -2.36. The smallest absolute Gasteiger partial charge is 0.323 e. The lowest BCUT2D eigenvalue weighted by molar-refractivity contribution is -0.134. The molecule has 2 rings (SSSR count). The molecule has 2 atom stereocenters. The van der Waals surface area contributed by atoms with Crippen LogP contribution in [0.4, 0.5) is 4.79 Å². The number of urea groups is 1. The topological polar surface area (TPSA) is 73.2 Å². The number of hydrogen-bond donors (Lipinski definition) is 1. The van der Waals surface area contributed by atoms with E-state index in [4.69, 9.17) is 5.26 Å². The Labute approximate surface area is 101 Å². The number of rotatable bonds is 2. The lowest BCUT2D eigenvalue weighted by Crippen LogP contribution is -2.53. The summed E-state index contributed by atoms with van der Waals surface area (Å²) in [6, 6.07) is 1.63. The Morgan fingerprint density at radius 1 is 1.53 bits per heavy atom. The van der Waals surface area contributed by atoms with Gasteiger partial charge in [0.25, 0.3) is 5.91 Å². The van der Waals surface area contributed by atoms with Crippen molar-refractivity contribution >= 4 is 11.9 Å². The van der Waals surface area contributed by atoms with Gasteiger partial charge in [-0.3, -0.25) is 9.69 Å². The average molecular weight is 235 g/mol. The zero-order chi connectivity index (χ0) is 12.5. The Morgan fingerprint density at radius 2 is 2.29 bits per heavy atom. The first-order chi connectivity index (χ1) is 8.12. The molecule has 1 saturated heterocycles. The van der Waals surface area contributed by atoms with E-state index in [0.717, 1.165) is 25.7 Å². The molecule has 0 aromatic heterocycles. The Morgan fingerprint density at radius 3 is 2.94 bits per heavy atom. The third-order valence-corrected chi connectivity index (χ3v) is 3.95. The Balaban J connectivity index is 2.19. The first-order valence-corrected chi connectivity index (χ1v) is 6.13. The van der Waals surface area contributed by atoms with Crippen LogP contribution in [0.5, 0.6) is 0 Å². The van der Waals surface area contributed by atoms with E-state index < -0.39 is 5.54 Å². The Bertz CT molecular complexity index is 388. The molecule has 1 aliphatic carbocycles. The third kappa shape index (κ3) is 1.78. The second-order valence-corrected chi connectivity index (χ2v) is 4.91. The van der Waals surface area contributed by atoms with Gasteiger partial charge in [0.2, 0.25) is 0 Å². The van der Waals surface area contributed by atoms with Crippen molar-refractivity contribution in [3.8, 4) is 6.07 Å². The van der Waals surface area contributed by atoms with Gasteiger partial charge in [0.1, 0.15) is 5.54 Å². The van der Waals surface area contributed by atoms with Crippen LogP contribution in [0.1, 0.15) is 39.0 Å². The number of imide groups is 1. The molecule has 1 spiro atoms. The van der Waals surface area contributed by atoms with Crippen LogP contribution >= 0.6 is 0 Å². The zero-order valence-corrected chi connectivity index (χ0v) is 10.0. The number of carbonyl (C=O) groups is 2. The normalized spacial score (nSPS) is 32.7. The molecule has 3 amide bonds. The van der Waals surface area contributed by atoms with Crippen LogP contribution in [0.2, 0.25) is 0 Å². The summed E-state index contributed by atoms with van der Waals surface area (Å²) >= 11 is 0. The van der Waals surface area contributed by atoms with Gasteiger partial charge in [0.05, 0.1) is 12.5 Å². The number of nitrogens with zero attached hydrogens (tertiary/aromatic N) is 2. The van der Waals surface area contributed by atoms with Gasteiger partial charge in [0.15, 0.2) is 0 Å². The maximum Gasteiger partial charge on any atom is 0.325 e. The summed E-state index contributed by atoms with van der Waals surface area (Å²) in [6.45, 7) is 2.22. The quantitative estimate of drug-likeness (QED) is 0.735. The molecule has 2 aliphatic rings. The molecule has 0 aromatic carbocycles. The molecule has 1 aliphatic heterocycles. The van der Waals surface area contributed by atoms with Crippen molar-refractivity contribution in [2.75, 3.05) is 6.54 Å². The summed E-state index contributed by atoms with van der Waals surface area (Å²) in [4.78, 5) is 25.3. The van der Waals surface area contributed by atoms with Crippen molar-refractivity contribution < 1.29 is 9.59 Å². The number of hydrogen-bond acceptors (Lipinski definition) is 3. The molecule has 1 N–H and O–H groups in total. The van der Waals surface area contributed by atoms with E-state index in [1.807, 2.05) is 13.0 Å². The standard InChI is InChI=1S/C12H17N3O2/c1-9-5-2-3-6-12(9)10(16)15(8-4-7-13)11(17)14-12/h9H,2-6,8H2,1H3,(H,14,17). The van der Waals surface area contributed by atoms with E-state index in [0.29, 0.717) is 0 Å². The van der Waals surface area contributed by atoms with Crippen molar-refractivity contribution in [3.05, 3.63) is 0 Å². The van der Waals surface area contributed by atoms with Crippen LogP contribution in [0.15, 0.2) is 0 Å². The molecule has 0 radical (unpaired) electrons. The first kappa shape index (κ1) is 11.9. The molecule has 2 fully saturated rings. The van der Waals surface area contributed by atoms with E-state index in [9.17, 15) is 9.59 Å². The molecular formula is C12H17N3O2. The highest BCUT2D eigenvalue weighted by Gasteiger charge is 2.54. The van der Waals surface area contributed by atoms with E-state index in [1.165, 1.54) is 4.90 Å². The van der Waals surface area contributed by atoms with Gasteiger partial charge < -0.3 is 5.32 Å². The minimum Gasteiger partial charge on any atom is -0.323 e. The second kappa shape index (κ2) is 4.36. The fourth-order valence-electron chi connectivity index (χ4n) is 2.86. The highest BCUT2D eigenvalue weighted by atomic mass is 16.2. The lowest BCUT2D eigenvalue weighted by atomic mass is 9.73. The fourth-order valence-corrected chi connectivity index (χ4v) is 2.86. The van der Waals surface area contributed by atoms with Gasteiger partial charge >= 0.3 is 6.03 Å². The monoisotopic (exact) mass is 235 g/mol. The second-order valence-electron chi connectivity index (χ2n) is 4.91. The average Bonchev–Trinajstić information content (AvgIpc) is 2.54. The molecule has 1 heterocycles. The summed E-state index contributed by atoms with van der Waals surface area (Å²) in [5.41, 5.74) is -0.690. The Kier molecular flexibility index (Phi) is 3.05. The van der Waals surface area contributed by atoms with E-state index in [1.54, 1.807) is 0 Å². The van der Waals surface area contributed by atoms with E-state index >= 15 is 0 Å². The van der Waals surface area contributed by atoms with Gasteiger partial charge in [-0.15, -0.1) is 0 Å². The fraction of sp³-hybridized carbons (Fsp3) is 0.750. The number of nitrogens with one attached hydrogen (secondary N) is 1. The van der Waals surface area contributed by atoms with Crippen molar-refractivity contribution in [3.63, 3.8) is 0 Å². The summed E-state index contributed by atoms with van der Waals surface area (Å²) in [6.07, 6.45) is 3.98. The van der Waals surface area contributed by atoms with Gasteiger partial charge in [0, 0.05) is 6.54 Å². The summed E-state index contributed by atoms with van der Waals surface area (Å²) < 4.78 is 0. The summed E-state index contributed by atoms with van der Waals surface area (Å²) in [5.74, 6) is 0.0461. The maximum absolute atomic E-state index is 12.3. The third-order valence-electron chi connectivity index (χ3n) is 3.95. The molecule has 5 heteroatoms. The molecule has 0 bridgehead atoms. The van der Waals surface area contributed by atoms with Crippen LogP contribution in [0.25, 0.3) is 0 Å². The summed E-state index contributed by atoms with van der Waals surface area (Å²) in [7, 11) is 0. The van der Waals surface area contributed by atoms with Crippen LogP contribution in [-0.4, -0.2) is 28.9 Å². The van der Waals surface area contributed by atoms with Gasteiger partial charge in [-0.1, -0.05) is 19.8 Å². The number of amides is 3. The zero-order valence-electron chi connectivity index (χ0n) is 10.0. The van der Waals surface area contributed by atoms with E-state index in [-0.39, 0.29) is 30.8 Å². The van der Waals surface area contributed by atoms with E-state index in [2.05, 4.69) is 5.32 Å². The summed E-state index contributed by atoms with van der Waals surface area (Å²) in [5, 5.41) is 11.4. The van der Waals surface area contributed by atoms with Crippen LogP contribution in [-0.2, 0) is 4.79 Å². The highest BCUT2D eigenvalue weighted by Crippen LogP contribution is 2.38.